The Bertz CT molecular complexity index is 1240. The fourth-order valence-corrected chi connectivity index (χ4v) is 4.92. The summed E-state index contributed by atoms with van der Waals surface area (Å²) in [6, 6.07) is 10.3. The Morgan fingerprint density at radius 3 is 2.32 bits per heavy atom. The molecule has 5 heterocycles. The number of aliphatic hydroxyl groups excluding tert-OH is 1. The van der Waals surface area contributed by atoms with Gasteiger partial charge in [-0.25, -0.2) is 4.79 Å². The maximum absolute atomic E-state index is 12.3. The number of hydrogen-bond donors (Lipinski definition) is 3. The van der Waals surface area contributed by atoms with E-state index in [-0.39, 0.29) is 18.1 Å². The number of amides is 2. The van der Waals surface area contributed by atoms with E-state index in [1.807, 2.05) is 24.3 Å². The standard InChI is InChI=1S/C25H28N8O4/c34-21-13-19-14-37-15-20(21)33(19)24-30-22(29-23(31-24)32-9-11-36-12-10-32)16-1-3-17(4-2-16)27-25(35)28-18-5-7-26-8-6-18/h1-8,19-21,34H,9-15H2,(H2,26,27,28,35)/t19-,20-,21+/m1/s1. The maximum atomic E-state index is 12.3. The monoisotopic (exact) mass is 504 g/mol. The number of urea groups is 1. The van der Waals surface area contributed by atoms with Crippen LogP contribution >= 0.6 is 0 Å². The number of carbonyl (C=O) groups is 1. The molecule has 3 aliphatic heterocycles. The van der Waals surface area contributed by atoms with Gasteiger partial charge in [0, 0.05) is 42.4 Å². The molecule has 0 radical (unpaired) electrons. The number of carbonyl (C=O) groups excluding carboxylic acids is 1. The molecular formula is C25H28N8O4. The normalized spacial score (nSPS) is 23.1. The summed E-state index contributed by atoms with van der Waals surface area (Å²) in [6.07, 6.45) is 3.37. The third-order valence-electron chi connectivity index (χ3n) is 6.78. The third-order valence-corrected chi connectivity index (χ3v) is 6.78. The largest absolute Gasteiger partial charge is 0.391 e. The van der Waals surface area contributed by atoms with Crippen molar-refractivity contribution in [3.63, 3.8) is 0 Å². The van der Waals surface area contributed by atoms with Crippen molar-refractivity contribution in [1.29, 1.82) is 0 Å². The predicted molar refractivity (Wildman–Crippen MR) is 137 cm³/mol. The van der Waals surface area contributed by atoms with Crippen molar-refractivity contribution in [2.75, 3.05) is 60.0 Å². The molecule has 192 valence electrons. The Kier molecular flexibility index (Phi) is 6.51. The van der Waals surface area contributed by atoms with Gasteiger partial charge < -0.3 is 35.0 Å². The zero-order valence-electron chi connectivity index (χ0n) is 20.2. The predicted octanol–water partition coefficient (Wildman–Crippen LogP) is 1.75. The first-order chi connectivity index (χ1) is 18.1. The van der Waals surface area contributed by atoms with Gasteiger partial charge >= 0.3 is 6.03 Å². The van der Waals surface area contributed by atoms with Crippen LogP contribution in [0.15, 0.2) is 48.8 Å². The molecule has 0 aliphatic carbocycles. The number of aromatic nitrogens is 4. The van der Waals surface area contributed by atoms with Gasteiger partial charge in [-0.1, -0.05) is 0 Å². The Labute approximate surface area is 213 Å². The SMILES string of the molecule is O=C(Nc1ccncc1)Nc1ccc(-c2nc(N3CCOCC3)nc(N3[C@H]4COC[C@@H]3[C@@H](O)C4)n2)cc1. The molecule has 1 aromatic carbocycles. The summed E-state index contributed by atoms with van der Waals surface area (Å²) in [5, 5.41) is 16.2. The molecule has 3 fully saturated rings. The first-order valence-corrected chi connectivity index (χ1v) is 12.4. The van der Waals surface area contributed by atoms with Gasteiger partial charge in [0.25, 0.3) is 0 Å². The molecule has 6 rings (SSSR count). The fourth-order valence-electron chi connectivity index (χ4n) is 4.92. The van der Waals surface area contributed by atoms with Crippen molar-refractivity contribution in [3.05, 3.63) is 48.8 Å². The number of aliphatic hydroxyl groups is 1. The van der Waals surface area contributed by atoms with Crippen LogP contribution in [0.3, 0.4) is 0 Å². The van der Waals surface area contributed by atoms with Crippen LogP contribution in [-0.2, 0) is 9.47 Å². The molecule has 3 saturated heterocycles. The minimum absolute atomic E-state index is 0.0204. The Balaban J connectivity index is 1.26. The molecular weight excluding hydrogens is 476 g/mol. The lowest BCUT2D eigenvalue weighted by molar-refractivity contribution is 0.0694. The average Bonchev–Trinajstić information content (AvgIpc) is 3.12. The minimum Gasteiger partial charge on any atom is -0.391 e. The average molecular weight is 505 g/mol. The Morgan fingerprint density at radius 1 is 0.892 bits per heavy atom. The number of rotatable bonds is 5. The molecule has 3 aromatic rings. The molecule has 3 aliphatic rings. The number of ether oxygens (including phenoxy) is 2. The summed E-state index contributed by atoms with van der Waals surface area (Å²) in [7, 11) is 0. The van der Waals surface area contributed by atoms with Crippen LogP contribution < -0.4 is 20.4 Å². The number of nitrogens with zero attached hydrogens (tertiary/aromatic N) is 6. The van der Waals surface area contributed by atoms with Crippen molar-refractivity contribution in [2.45, 2.75) is 24.6 Å². The van der Waals surface area contributed by atoms with Crippen molar-refractivity contribution < 1.29 is 19.4 Å². The van der Waals surface area contributed by atoms with E-state index in [2.05, 4.69) is 25.4 Å². The molecule has 2 amide bonds. The van der Waals surface area contributed by atoms with E-state index in [9.17, 15) is 9.90 Å². The summed E-state index contributed by atoms with van der Waals surface area (Å²) in [6.45, 7) is 3.57. The van der Waals surface area contributed by atoms with Gasteiger partial charge in [0.15, 0.2) is 5.82 Å². The number of morpholine rings is 2. The molecule has 2 aromatic heterocycles. The smallest absolute Gasteiger partial charge is 0.323 e. The number of hydrogen-bond acceptors (Lipinski definition) is 10. The van der Waals surface area contributed by atoms with Crippen LogP contribution in [0.5, 0.6) is 0 Å². The van der Waals surface area contributed by atoms with Crippen molar-refractivity contribution >= 4 is 29.3 Å². The summed E-state index contributed by atoms with van der Waals surface area (Å²) >= 11 is 0. The third kappa shape index (κ3) is 5.03. The molecule has 12 heteroatoms. The summed E-state index contributed by atoms with van der Waals surface area (Å²) in [5.74, 6) is 1.66. The molecule has 0 spiro atoms. The quantitative estimate of drug-likeness (QED) is 0.471. The molecule has 0 saturated carbocycles. The van der Waals surface area contributed by atoms with Crippen LogP contribution in [0, 0.1) is 0 Å². The zero-order chi connectivity index (χ0) is 25.2. The van der Waals surface area contributed by atoms with E-state index in [0.29, 0.717) is 75.0 Å². The number of benzene rings is 1. The Morgan fingerprint density at radius 2 is 1.59 bits per heavy atom. The van der Waals surface area contributed by atoms with Gasteiger partial charge in [-0.2, -0.15) is 15.0 Å². The highest BCUT2D eigenvalue weighted by atomic mass is 16.5. The van der Waals surface area contributed by atoms with Crippen LogP contribution in [0.1, 0.15) is 6.42 Å². The van der Waals surface area contributed by atoms with E-state index in [0.717, 1.165) is 5.56 Å². The second-order valence-electron chi connectivity index (χ2n) is 9.22. The highest BCUT2D eigenvalue weighted by Gasteiger charge is 2.45. The van der Waals surface area contributed by atoms with Crippen molar-refractivity contribution in [3.8, 4) is 11.4 Å². The lowest BCUT2D eigenvalue weighted by atomic mass is 10.2. The number of pyridine rings is 1. The van der Waals surface area contributed by atoms with E-state index in [4.69, 9.17) is 24.4 Å². The van der Waals surface area contributed by atoms with E-state index >= 15 is 0 Å². The van der Waals surface area contributed by atoms with E-state index in [1.165, 1.54) is 0 Å². The van der Waals surface area contributed by atoms with Crippen molar-refractivity contribution in [2.24, 2.45) is 0 Å². The molecule has 0 unspecified atom stereocenters. The molecule has 12 nitrogen and oxygen atoms in total. The van der Waals surface area contributed by atoms with Gasteiger partial charge in [0.2, 0.25) is 11.9 Å². The lowest BCUT2D eigenvalue weighted by Crippen LogP contribution is -2.49. The van der Waals surface area contributed by atoms with E-state index in [1.54, 1.807) is 24.5 Å². The summed E-state index contributed by atoms with van der Waals surface area (Å²) in [5.41, 5.74) is 2.08. The molecule has 3 atom stereocenters. The minimum atomic E-state index is -0.483. The number of fused-ring (bicyclic) bond motifs is 2. The first-order valence-electron chi connectivity index (χ1n) is 12.4. The zero-order valence-corrected chi connectivity index (χ0v) is 20.2. The molecule has 37 heavy (non-hydrogen) atoms. The second kappa shape index (κ2) is 10.2. The summed E-state index contributed by atoms with van der Waals surface area (Å²) in [4.78, 5) is 34.9. The van der Waals surface area contributed by atoms with Crippen LogP contribution in [0.4, 0.5) is 28.1 Å². The van der Waals surface area contributed by atoms with Crippen LogP contribution in [0.2, 0.25) is 0 Å². The van der Waals surface area contributed by atoms with Gasteiger partial charge in [0.05, 0.1) is 44.6 Å². The number of anilines is 4. The fraction of sp³-hybridized carbons (Fsp3) is 0.400. The van der Waals surface area contributed by atoms with Gasteiger partial charge in [-0.15, -0.1) is 0 Å². The van der Waals surface area contributed by atoms with Crippen molar-refractivity contribution in [1.82, 2.24) is 19.9 Å². The highest BCUT2D eigenvalue weighted by molar-refractivity contribution is 5.99. The van der Waals surface area contributed by atoms with Gasteiger partial charge in [-0.05, 0) is 42.8 Å². The topological polar surface area (TPSA) is 138 Å². The molecule has 3 N–H and O–H groups in total. The van der Waals surface area contributed by atoms with E-state index < -0.39 is 6.10 Å². The van der Waals surface area contributed by atoms with Crippen LogP contribution in [-0.4, -0.2) is 88.8 Å². The Hall–Kier alpha value is -3.87. The van der Waals surface area contributed by atoms with Gasteiger partial charge in [0.1, 0.15) is 0 Å². The summed E-state index contributed by atoms with van der Waals surface area (Å²) < 4.78 is 11.2. The second-order valence-corrected chi connectivity index (χ2v) is 9.22. The van der Waals surface area contributed by atoms with Gasteiger partial charge in [-0.3, -0.25) is 4.98 Å². The lowest BCUT2D eigenvalue weighted by Gasteiger charge is -2.35. The maximum Gasteiger partial charge on any atom is 0.323 e. The first kappa shape index (κ1) is 23.5. The van der Waals surface area contributed by atoms with Crippen LogP contribution in [0.25, 0.3) is 11.4 Å². The molecule has 2 bridgehead atoms. The number of nitrogens with one attached hydrogen (secondary N) is 2. The highest BCUT2D eigenvalue weighted by Crippen LogP contribution is 2.34.